The second-order valence-corrected chi connectivity index (χ2v) is 6.19. The maximum absolute atomic E-state index is 6.19. The van der Waals surface area contributed by atoms with Crippen molar-refractivity contribution in [3.63, 3.8) is 0 Å². The Morgan fingerprint density at radius 3 is 2.70 bits per heavy atom. The molecule has 2 rings (SSSR count). The van der Waals surface area contributed by atoms with Crippen LogP contribution in [0.3, 0.4) is 0 Å². The minimum absolute atomic E-state index is 0.884. The molecule has 1 aliphatic rings. The lowest BCUT2D eigenvalue weighted by molar-refractivity contribution is 0.181. The van der Waals surface area contributed by atoms with Gasteiger partial charge in [0, 0.05) is 5.02 Å². The van der Waals surface area contributed by atoms with E-state index in [1.807, 2.05) is 12.1 Å². The average Bonchev–Trinajstić information content (AvgIpc) is 2.48. The number of likely N-dealkylation sites (tertiary alicyclic amines) is 1. The molecule has 0 bridgehead atoms. The average molecular weight is 295 g/mol. The molecule has 1 saturated heterocycles. The highest BCUT2D eigenvalue weighted by atomic mass is 35.5. The summed E-state index contributed by atoms with van der Waals surface area (Å²) in [5, 5.41) is 4.38. The van der Waals surface area contributed by atoms with Crippen molar-refractivity contribution in [2.45, 2.75) is 32.6 Å². The highest BCUT2D eigenvalue weighted by Gasteiger charge is 2.18. The Hall–Kier alpha value is -0.570. The molecule has 0 saturated carbocycles. The van der Waals surface area contributed by atoms with Gasteiger partial charge in [0.1, 0.15) is 0 Å². The van der Waals surface area contributed by atoms with Gasteiger partial charge in [-0.3, -0.25) is 0 Å². The number of piperidine rings is 1. The fourth-order valence-corrected chi connectivity index (χ4v) is 3.19. The zero-order valence-electron chi connectivity index (χ0n) is 12.6. The van der Waals surface area contributed by atoms with Gasteiger partial charge >= 0.3 is 0 Å². The number of hydrogen-bond donors (Lipinski definition) is 1. The molecule has 0 amide bonds. The summed E-state index contributed by atoms with van der Waals surface area (Å²) in [6, 6.07) is 8.21. The van der Waals surface area contributed by atoms with E-state index in [4.69, 9.17) is 11.6 Å². The van der Waals surface area contributed by atoms with Crippen molar-refractivity contribution in [1.29, 1.82) is 0 Å². The number of nitrogens with zero attached hydrogens (tertiary/aromatic N) is 1. The minimum Gasteiger partial charge on any atom is -0.317 e. The van der Waals surface area contributed by atoms with Crippen LogP contribution in [0.2, 0.25) is 5.02 Å². The van der Waals surface area contributed by atoms with E-state index in [2.05, 4.69) is 29.3 Å². The smallest absolute Gasteiger partial charge is 0.0437 e. The first kappa shape index (κ1) is 15.8. The molecule has 0 aliphatic carbocycles. The Kier molecular flexibility index (Phi) is 6.85. The van der Waals surface area contributed by atoms with Crippen molar-refractivity contribution in [3.8, 4) is 0 Å². The van der Waals surface area contributed by atoms with Crippen LogP contribution in [0.15, 0.2) is 24.3 Å². The normalized spacial score (nSPS) is 17.5. The molecule has 112 valence electrons. The molecule has 1 aromatic carbocycles. The van der Waals surface area contributed by atoms with Crippen LogP contribution in [0.4, 0.5) is 0 Å². The zero-order chi connectivity index (χ0) is 14.2. The Morgan fingerprint density at radius 1 is 1.25 bits per heavy atom. The van der Waals surface area contributed by atoms with Crippen molar-refractivity contribution in [3.05, 3.63) is 34.9 Å². The number of benzene rings is 1. The SMILES string of the molecule is CCNCC1CCN(CCCc2ccccc2Cl)CC1. The standard InChI is InChI=1S/C17H27ClN2/c1-2-19-14-15-9-12-20(13-10-15)11-5-7-16-6-3-4-8-17(16)18/h3-4,6,8,15,19H,2,5,7,9-14H2,1H3. The molecule has 20 heavy (non-hydrogen) atoms. The zero-order valence-corrected chi connectivity index (χ0v) is 13.3. The number of aryl methyl sites for hydroxylation is 1. The summed E-state index contributed by atoms with van der Waals surface area (Å²) in [6.45, 7) is 8.21. The molecular weight excluding hydrogens is 268 g/mol. The topological polar surface area (TPSA) is 15.3 Å². The molecular formula is C17H27ClN2. The van der Waals surface area contributed by atoms with E-state index in [-0.39, 0.29) is 0 Å². The lowest BCUT2D eigenvalue weighted by atomic mass is 9.96. The van der Waals surface area contributed by atoms with E-state index >= 15 is 0 Å². The summed E-state index contributed by atoms with van der Waals surface area (Å²) >= 11 is 6.19. The van der Waals surface area contributed by atoms with Crippen LogP contribution in [0, 0.1) is 5.92 Å². The van der Waals surface area contributed by atoms with E-state index in [1.54, 1.807) is 0 Å². The van der Waals surface area contributed by atoms with Gasteiger partial charge in [0.15, 0.2) is 0 Å². The summed E-state index contributed by atoms with van der Waals surface area (Å²) in [5.74, 6) is 0.884. The number of rotatable bonds is 7. The summed E-state index contributed by atoms with van der Waals surface area (Å²) in [5.41, 5.74) is 1.29. The second-order valence-electron chi connectivity index (χ2n) is 5.79. The highest BCUT2D eigenvalue weighted by Crippen LogP contribution is 2.19. The monoisotopic (exact) mass is 294 g/mol. The molecule has 2 nitrogen and oxygen atoms in total. The molecule has 1 heterocycles. The predicted molar refractivity (Wildman–Crippen MR) is 87.5 cm³/mol. The Morgan fingerprint density at radius 2 is 2.00 bits per heavy atom. The molecule has 3 heteroatoms. The van der Waals surface area contributed by atoms with Crippen molar-refractivity contribution in [2.75, 3.05) is 32.7 Å². The van der Waals surface area contributed by atoms with Gasteiger partial charge in [-0.15, -0.1) is 0 Å². The first-order chi connectivity index (χ1) is 9.79. The van der Waals surface area contributed by atoms with E-state index < -0.39 is 0 Å². The van der Waals surface area contributed by atoms with Gasteiger partial charge in [-0.25, -0.2) is 0 Å². The summed E-state index contributed by atoms with van der Waals surface area (Å²) in [4.78, 5) is 2.61. The van der Waals surface area contributed by atoms with E-state index in [0.717, 1.165) is 23.9 Å². The molecule has 0 radical (unpaired) electrons. The fraction of sp³-hybridized carbons (Fsp3) is 0.647. The predicted octanol–water partition coefficient (Wildman–Crippen LogP) is 3.59. The maximum atomic E-state index is 6.19. The Labute approximate surface area is 128 Å². The van der Waals surface area contributed by atoms with Gasteiger partial charge in [-0.1, -0.05) is 36.7 Å². The number of hydrogen-bond acceptors (Lipinski definition) is 2. The maximum Gasteiger partial charge on any atom is 0.0437 e. The Bertz CT molecular complexity index is 386. The highest BCUT2D eigenvalue weighted by molar-refractivity contribution is 6.31. The molecule has 0 aromatic heterocycles. The summed E-state index contributed by atoms with van der Waals surface area (Å²) in [6.07, 6.45) is 5.00. The largest absolute Gasteiger partial charge is 0.317 e. The van der Waals surface area contributed by atoms with E-state index in [0.29, 0.717) is 0 Å². The fourth-order valence-electron chi connectivity index (χ4n) is 2.96. The minimum atomic E-state index is 0.884. The molecule has 1 fully saturated rings. The van der Waals surface area contributed by atoms with Gasteiger partial charge in [-0.05, 0) is 76.0 Å². The summed E-state index contributed by atoms with van der Waals surface area (Å²) < 4.78 is 0. The van der Waals surface area contributed by atoms with Crippen molar-refractivity contribution in [1.82, 2.24) is 10.2 Å². The lowest BCUT2D eigenvalue weighted by Gasteiger charge is -2.32. The van der Waals surface area contributed by atoms with Gasteiger partial charge in [-0.2, -0.15) is 0 Å². The number of nitrogens with one attached hydrogen (secondary N) is 1. The van der Waals surface area contributed by atoms with Gasteiger partial charge < -0.3 is 10.2 Å². The van der Waals surface area contributed by atoms with Crippen LogP contribution < -0.4 is 5.32 Å². The third-order valence-electron chi connectivity index (χ3n) is 4.27. The Balaban J connectivity index is 1.63. The van der Waals surface area contributed by atoms with Crippen molar-refractivity contribution in [2.24, 2.45) is 5.92 Å². The summed E-state index contributed by atoms with van der Waals surface area (Å²) in [7, 11) is 0. The quantitative estimate of drug-likeness (QED) is 0.827. The molecule has 1 aromatic rings. The van der Waals surface area contributed by atoms with Gasteiger partial charge in [0.05, 0.1) is 0 Å². The van der Waals surface area contributed by atoms with Crippen LogP contribution >= 0.6 is 11.6 Å². The van der Waals surface area contributed by atoms with Gasteiger partial charge in [0.2, 0.25) is 0 Å². The molecule has 1 N–H and O–H groups in total. The first-order valence-corrected chi connectivity index (χ1v) is 8.34. The molecule has 1 aliphatic heterocycles. The second kappa shape index (κ2) is 8.66. The third-order valence-corrected chi connectivity index (χ3v) is 4.64. The van der Waals surface area contributed by atoms with Crippen LogP contribution in [0.1, 0.15) is 31.7 Å². The first-order valence-electron chi connectivity index (χ1n) is 7.96. The van der Waals surface area contributed by atoms with Crippen LogP contribution in [-0.4, -0.2) is 37.6 Å². The van der Waals surface area contributed by atoms with Crippen molar-refractivity contribution >= 4 is 11.6 Å². The van der Waals surface area contributed by atoms with E-state index in [9.17, 15) is 0 Å². The molecule has 0 unspecified atom stereocenters. The van der Waals surface area contributed by atoms with Crippen LogP contribution in [-0.2, 0) is 6.42 Å². The van der Waals surface area contributed by atoms with Crippen LogP contribution in [0.5, 0.6) is 0 Å². The molecule has 0 atom stereocenters. The number of halogens is 1. The van der Waals surface area contributed by atoms with E-state index in [1.165, 1.54) is 51.0 Å². The third kappa shape index (κ3) is 5.08. The van der Waals surface area contributed by atoms with Crippen LogP contribution in [0.25, 0.3) is 0 Å². The van der Waals surface area contributed by atoms with Crippen molar-refractivity contribution < 1.29 is 0 Å². The molecule has 0 spiro atoms. The van der Waals surface area contributed by atoms with Gasteiger partial charge in [0.25, 0.3) is 0 Å². The lowest BCUT2D eigenvalue weighted by Crippen LogP contribution is -2.37.